The van der Waals surface area contributed by atoms with E-state index >= 15 is 0 Å². The summed E-state index contributed by atoms with van der Waals surface area (Å²) in [4.78, 5) is 0. The minimum absolute atomic E-state index is 0.255. The van der Waals surface area contributed by atoms with E-state index < -0.39 is 0 Å². The van der Waals surface area contributed by atoms with Gasteiger partial charge in [0.05, 0.1) is 0 Å². The Morgan fingerprint density at radius 1 is 1.00 bits per heavy atom. The number of rotatable bonds is 8. The molecule has 2 heteroatoms. The van der Waals surface area contributed by atoms with E-state index in [0.29, 0.717) is 6.04 Å². The fourth-order valence-corrected chi connectivity index (χ4v) is 1.61. The molecule has 0 aromatic heterocycles. The summed E-state index contributed by atoms with van der Waals surface area (Å²) in [6.07, 6.45) is 8.75. The van der Waals surface area contributed by atoms with Crippen molar-refractivity contribution in [1.82, 2.24) is 0 Å². The maximum Gasteiger partial charge on any atom is 0.00534 e. The lowest BCUT2D eigenvalue weighted by Crippen LogP contribution is -2.29. The van der Waals surface area contributed by atoms with Crippen molar-refractivity contribution in [1.29, 1.82) is 0 Å². The van der Waals surface area contributed by atoms with Crippen molar-refractivity contribution in [3.8, 4) is 0 Å². The molecule has 0 aliphatic carbocycles. The molecule has 4 N–H and O–H groups in total. The molecule has 0 heterocycles. The molecule has 0 rings (SSSR count). The number of unbranched alkanes of at least 4 members (excludes halogenated alkanes) is 4. The minimum atomic E-state index is 0.255. The van der Waals surface area contributed by atoms with Gasteiger partial charge in [0.25, 0.3) is 0 Å². The van der Waals surface area contributed by atoms with Crippen LogP contribution in [-0.2, 0) is 0 Å². The van der Waals surface area contributed by atoms with Crippen LogP contribution in [0.2, 0.25) is 0 Å². The molecule has 2 nitrogen and oxygen atoms in total. The van der Waals surface area contributed by atoms with Gasteiger partial charge in [0.1, 0.15) is 0 Å². The zero-order chi connectivity index (χ0) is 10.1. The monoisotopic (exact) mass is 186 g/mol. The van der Waals surface area contributed by atoms with Crippen LogP contribution in [0.15, 0.2) is 0 Å². The van der Waals surface area contributed by atoms with Crippen molar-refractivity contribution in [2.75, 3.05) is 0 Å². The standard InChI is InChI=1S/C11H26N2/c1-3-4-5-6-7-8-11(13)9-10(2)12/h10-11H,3-9,12-13H2,1-2H3. The number of hydrogen-bond donors (Lipinski definition) is 2. The lowest BCUT2D eigenvalue weighted by molar-refractivity contribution is 0.485. The molecule has 80 valence electrons. The van der Waals surface area contributed by atoms with Crippen LogP contribution in [0.25, 0.3) is 0 Å². The third-order valence-electron chi connectivity index (χ3n) is 2.35. The first kappa shape index (κ1) is 12.9. The normalized spacial score (nSPS) is 15.7. The van der Waals surface area contributed by atoms with Gasteiger partial charge in [-0.25, -0.2) is 0 Å². The zero-order valence-electron chi connectivity index (χ0n) is 9.26. The molecule has 0 amide bonds. The molecule has 2 atom stereocenters. The minimum Gasteiger partial charge on any atom is -0.328 e. The van der Waals surface area contributed by atoms with E-state index in [-0.39, 0.29) is 6.04 Å². The van der Waals surface area contributed by atoms with E-state index in [2.05, 4.69) is 6.92 Å². The summed E-state index contributed by atoms with van der Waals surface area (Å²) >= 11 is 0. The molecule has 0 saturated heterocycles. The van der Waals surface area contributed by atoms with Crippen molar-refractivity contribution in [3.63, 3.8) is 0 Å². The summed E-state index contributed by atoms with van der Waals surface area (Å²) in [5.41, 5.74) is 11.6. The van der Waals surface area contributed by atoms with Gasteiger partial charge in [-0.3, -0.25) is 0 Å². The Labute approximate surface area is 83.1 Å². The van der Waals surface area contributed by atoms with Gasteiger partial charge in [0, 0.05) is 12.1 Å². The van der Waals surface area contributed by atoms with Gasteiger partial charge in [-0.05, 0) is 19.8 Å². The maximum atomic E-state index is 5.91. The topological polar surface area (TPSA) is 52.0 Å². The van der Waals surface area contributed by atoms with Crippen molar-refractivity contribution in [3.05, 3.63) is 0 Å². The molecule has 0 aliphatic rings. The van der Waals surface area contributed by atoms with E-state index in [1.165, 1.54) is 32.1 Å². The summed E-state index contributed by atoms with van der Waals surface area (Å²) in [7, 11) is 0. The van der Waals surface area contributed by atoms with Gasteiger partial charge in [0.2, 0.25) is 0 Å². The summed E-state index contributed by atoms with van der Waals surface area (Å²) in [5.74, 6) is 0. The molecule has 2 unspecified atom stereocenters. The summed E-state index contributed by atoms with van der Waals surface area (Å²) in [6, 6.07) is 0.576. The van der Waals surface area contributed by atoms with Crippen LogP contribution >= 0.6 is 0 Å². The highest BCUT2D eigenvalue weighted by Crippen LogP contribution is 2.08. The van der Waals surface area contributed by atoms with Gasteiger partial charge >= 0.3 is 0 Å². The Kier molecular flexibility index (Phi) is 8.46. The molecule has 0 radical (unpaired) electrons. The predicted octanol–water partition coefficient (Wildman–Crippen LogP) is 2.41. The third-order valence-corrected chi connectivity index (χ3v) is 2.35. The fraction of sp³-hybridized carbons (Fsp3) is 1.00. The van der Waals surface area contributed by atoms with Gasteiger partial charge in [-0.2, -0.15) is 0 Å². The Balaban J connectivity index is 3.12. The van der Waals surface area contributed by atoms with Gasteiger partial charge < -0.3 is 11.5 Å². The molecule has 0 spiro atoms. The zero-order valence-corrected chi connectivity index (χ0v) is 9.26. The van der Waals surface area contributed by atoms with Crippen molar-refractivity contribution < 1.29 is 0 Å². The smallest absolute Gasteiger partial charge is 0.00534 e. The Bertz CT molecular complexity index is 102. The molecular formula is C11H26N2. The molecular weight excluding hydrogens is 160 g/mol. The van der Waals surface area contributed by atoms with E-state index in [0.717, 1.165) is 12.8 Å². The molecule has 0 aromatic carbocycles. The average molecular weight is 186 g/mol. The second-order valence-corrected chi connectivity index (χ2v) is 4.18. The molecule has 13 heavy (non-hydrogen) atoms. The SMILES string of the molecule is CCCCCCCC(N)CC(C)N. The number of nitrogens with two attached hydrogens (primary N) is 2. The second kappa shape index (κ2) is 8.52. The van der Waals surface area contributed by atoms with Crippen LogP contribution in [0.5, 0.6) is 0 Å². The van der Waals surface area contributed by atoms with Gasteiger partial charge in [0.15, 0.2) is 0 Å². The van der Waals surface area contributed by atoms with Gasteiger partial charge in [-0.1, -0.05) is 39.0 Å². The van der Waals surface area contributed by atoms with Crippen molar-refractivity contribution in [2.45, 2.75) is 70.9 Å². The van der Waals surface area contributed by atoms with Crippen LogP contribution in [0.3, 0.4) is 0 Å². The highest BCUT2D eigenvalue weighted by molar-refractivity contribution is 4.66. The molecule has 0 fully saturated rings. The first-order valence-corrected chi connectivity index (χ1v) is 5.68. The maximum absolute atomic E-state index is 5.91. The highest BCUT2D eigenvalue weighted by Gasteiger charge is 2.04. The van der Waals surface area contributed by atoms with Crippen LogP contribution in [0, 0.1) is 0 Å². The Morgan fingerprint density at radius 3 is 2.15 bits per heavy atom. The quantitative estimate of drug-likeness (QED) is 0.572. The lowest BCUT2D eigenvalue weighted by Gasteiger charge is -2.13. The van der Waals surface area contributed by atoms with E-state index in [1.807, 2.05) is 6.92 Å². The van der Waals surface area contributed by atoms with Crippen LogP contribution in [0.1, 0.15) is 58.8 Å². The first-order chi connectivity index (χ1) is 6.16. The molecule has 0 bridgehead atoms. The number of hydrogen-bond acceptors (Lipinski definition) is 2. The first-order valence-electron chi connectivity index (χ1n) is 5.68. The van der Waals surface area contributed by atoms with Gasteiger partial charge in [-0.15, -0.1) is 0 Å². The lowest BCUT2D eigenvalue weighted by atomic mass is 10.0. The van der Waals surface area contributed by atoms with E-state index in [4.69, 9.17) is 11.5 Å². The van der Waals surface area contributed by atoms with Crippen molar-refractivity contribution >= 4 is 0 Å². The molecule has 0 saturated carbocycles. The van der Waals surface area contributed by atoms with E-state index in [1.54, 1.807) is 0 Å². The van der Waals surface area contributed by atoms with Crippen LogP contribution in [0.4, 0.5) is 0 Å². The highest BCUT2D eigenvalue weighted by atomic mass is 14.7. The largest absolute Gasteiger partial charge is 0.328 e. The van der Waals surface area contributed by atoms with Crippen LogP contribution < -0.4 is 11.5 Å². The average Bonchev–Trinajstić information content (AvgIpc) is 2.02. The third kappa shape index (κ3) is 9.84. The summed E-state index contributed by atoms with van der Waals surface area (Å²) < 4.78 is 0. The summed E-state index contributed by atoms with van der Waals surface area (Å²) in [5, 5.41) is 0. The molecule has 0 aliphatic heterocycles. The Morgan fingerprint density at radius 2 is 1.62 bits per heavy atom. The predicted molar refractivity (Wildman–Crippen MR) is 59.6 cm³/mol. The van der Waals surface area contributed by atoms with E-state index in [9.17, 15) is 0 Å². The van der Waals surface area contributed by atoms with Crippen molar-refractivity contribution in [2.24, 2.45) is 11.5 Å². The Hall–Kier alpha value is -0.0800. The molecule has 0 aromatic rings. The van der Waals surface area contributed by atoms with Crippen LogP contribution in [-0.4, -0.2) is 12.1 Å². The second-order valence-electron chi connectivity index (χ2n) is 4.18. The fourth-order valence-electron chi connectivity index (χ4n) is 1.61. The summed E-state index contributed by atoms with van der Waals surface area (Å²) in [6.45, 7) is 4.26.